The molecule has 0 spiro atoms. The first kappa shape index (κ1) is 19.8. The van der Waals surface area contributed by atoms with Crippen molar-refractivity contribution in [2.24, 2.45) is 5.92 Å². The van der Waals surface area contributed by atoms with Crippen LogP contribution >= 0.6 is 0 Å². The Bertz CT molecular complexity index is 1040. The number of amides is 3. The Balaban J connectivity index is 1.48. The van der Waals surface area contributed by atoms with Gasteiger partial charge in [-0.05, 0) is 54.5 Å². The summed E-state index contributed by atoms with van der Waals surface area (Å²) < 4.78 is 14.1. The number of carbonyl (C=O) groups is 3. The average molecular weight is 421 g/mol. The molecule has 3 fully saturated rings. The van der Waals surface area contributed by atoms with E-state index in [0.717, 1.165) is 24.8 Å². The molecule has 3 amide bonds. The molecule has 3 aliphatic rings. The molecule has 2 bridgehead atoms. The van der Waals surface area contributed by atoms with Gasteiger partial charge in [0.1, 0.15) is 5.82 Å². The highest BCUT2D eigenvalue weighted by atomic mass is 19.1. The van der Waals surface area contributed by atoms with E-state index in [9.17, 15) is 18.8 Å². The van der Waals surface area contributed by atoms with Gasteiger partial charge in [-0.15, -0.1) is 0 Å². The zero-order valence-electron chi connectivity index (χ0n) is 17.2. The molecule has 2 aliphatic heterocycles. The second kappa shape index (κ2) is 7.55. The van der Waals surface area contributed by atoms with Crippen molar-refractivity contribution >= 4 is 17.7 Å². The van der Waals surface area contributed by atoms with Gasteiger partial charge in [-0.25, -0.2) is 4.39 Å². The van der Waals surface area contributed by atoms with Crippen LogP contribution in [-0.2, 0) is 26.3 Å². The summed E-state index contributed by atoms with van der Waals surface area (Å²) in [5.41, 5.74) is -0.264. The Kier molecular flexibility index (Phi) is 4.84. The lowest BCUT2D eigenvalue weighted by atomic mass is 9.75. The lowest BCUT2D eigenvalue weighted by molar-refractivity contribution is -0.143. The quantitative estimate of drug-likeness (QED) is 0.696. The van der Waals surface area contributed by atoms with Crippen molar-refractivity contribution in [2.75, 3.05) is 6.54 Å². The molecule has 6 nitrogen and oxygen atoms in total. The second-order valence-electron chi connectivity index (χ2n) is 8.97. The van der Waals surface area contributed by atoms with Crippen LogP contribution in [0.25, 0.3) is 0 Å². The van der Waals surface area contributed by atoms with Crippen LogP contribution < -0.4 is 0 Å². The number of benzene rings is 1. The monoisotopic (exact) mass is 421 g/mol. The first-order valence-electron chi connectivity index (χ1n) is 10.8. The second-order valence-corrected chi connectivity index (χ2v) is 8.97. The van der Waals surface area contributed by atoms with Crippen molar-refractivity contribution in [3.05, 3.63) is 65.7 Å². The molecule has 2 saturated heterocycles. The van der Waals surface area contributed by atoms with E-state index in [1.165, 1.54) is 23.1 Å². The number of rotatable bonds is 5. The predicted octanol–water partition coefficient (Wildman–Crippen LogP) is 2.82. The maximum absolute atomic E-state index is 14.1. The SMILES string of the molecule is O=C1C[C@@](CC(=O)N2C[C@@H]3CC[C@@H]2C3)(c2cccc(F)c2)C(=O)N1Cc1cccnc1. The molecule has 1 aromatic carbocycles. The molecule has 5 rings (SSSR count). The van der Waals surface area contributed by atoms with Crippen molar-refractivity contribution in [2.45, 2.75) is 50.1 Å². The zero-order valence-corrected chi connectivity index (χ0v) is 17.2. The smallest absolute Gasteiger partial charge is 0.241 e. The number of imide groups is 1. The van der Waals surface area contributed by atoms with Crippen LogP contribution in [0.3, 0.4) is 0 Å². The molecule has 31 heavy (non-hydrogen) atoms. The Morgan fingerprint density at radius 1 is 1.19 bits per heavy atom. The summed E-state index contributed by atoms with van der Waals surface area (Å²) in [7, 11) is 0. The van der Waals surface area contributed by atoms with Crippen LogP contribution in [0.5, 0.6) is 0 Å². The minimum Gasteiger partial charge on any atom is -0.339 e. The van der Waals surface area contributed by atoms with Gasteiger partial charge in [-0.1, -0.05) is 18.2 Å². The number of likely N-dealkylation sites (tertiary alicyclic amines) is 2. The van der Waals surface area contributed by atoms with Gasteiger partial charge in [0, 0.05) is 37.8 Å². The highest BCUT2D eigenvalue weighted by Gasteiger charge is 2.55. The molecule has 2 aromatic rings. The minimum absolute atomic E-state index is 0.0885. The van der Waals surface area contributed by atoms with Gasteiger partial charge in [-0.3, -0.25) is 24.3 Å². The summed E-state index contributed by atoms with van der Waals surface area (Å²) in [6.07, 6.45) is 6.12. The Morgan fingerprint density at radius 3 is 2.74 bits per heavy atom. The lowest BCUT2D eigenvalue weighted by Gasteiger charge is -2.32. The molecule has 3 atom stereocenters. The highest BCUT2D eigenvalue weighted by molar-refractivity contribution is 6.10. The van der Waals surface area contributed by atoms with Crippen molar-refractivity contribution in [1.82, 2.24) is 14.8 Å². The van der Waals surface area contributed by atoms with Crippen LogP contribution in [0.2, 0.25) is 0 Å². The standard InChI is InChI=1S/C24H24FN3O3/c25-19-5-1-4-18(10-19)24(11-21(29)27-14-16-6-7-20(27)9-16)12-22(30)28(23(24)31)15-17-3-2-8-26-13-17/h1-5,8,10,13,16,20H,6-7,9,11-12,14-15H2/t16-,20-,24+/m1/s1. The number of hydrogen-bond donors (Lipinski definition) is 0. The number of hydrogen-bond acceptors (Lipinski definition) is 4. The molecule has 7 heteroatoms. The number of fused-ring (bicyclic) bond motifs is 2. The van der Waals surface area contributed by atoms with E-state index in [2.05, 4.69) is 4.98 Å². The first-order valence-corrected chi connectivity index (χ1v) is 10.8. The summed E-state index contributed by atoms with van der Waals surface area (Å²) in [5.74, 6) is -0.878. The number of carbonyl (C=O) groups excluding carboxylic acids is 3. The van der Waals surface area contributed by atoms with Crippen LogP contribution in [0.1, 0.15) is 43.2 Å². The zero-order chi connectivity index (χ0) is 21.6. The fourth-order valence-corrected chi connectivity index (χ4v) is 5.48. The third kappa shape index (κ3) is 3.42. The number of piperidine rings is 1. The molecule has 3 heterocycles. The molecule has 160 valence electrons. The van der Waals surface area contributed by atoms with Crippen molar-refractivity contribution in [3.63, 3.8) is 0 Å². The molecule has 1 aliphatic carbocycles. The maximum Gasteiger partial charge on any atom is 0.241 e. The van der Waals surface area contributed by atoms with Gasteiger partial charge < -0.3 is 4.90 Å². The summed E-state index contributed by atoms with van der Waals surface area (Å²) in [6, 6.07) is 9.51. The first-order chi connectivity index (χ1) is 15.0. The molecular weight excluding hydrogens is 397 g/mol. The van der Waals surface area contributed by atoms with E-state index in [1.54, 1.807) is 30.6 Å². The molecule has 1 aromatic heterocycles. The van der Waals surface area contributed by atoms with Gasteiger partial charge in [-0.2, -0.15) is 0 Å². The van der Waals surface area contributed by atoms with Crippen molar-refractivity contribution in [3.8, 4) is 0 Å². The third-order valence-electron chi connectivity index (χ3n) is 7.03. The van der Waals surface area contributed by atoms with Gasteiger partial charge >= 0.3 is 0 Å². The fourth-order valence-electron chi connectivity index (χ4n) is 5.48. The topological polar surface area (TPSA) is 70.6 Å². The number of aromatic nitrogens is 1. The third-order valence-corrected chi connectivity index (χ3v) is 7.03. The molecule has 0 radical (unpaired) electrons. The van der Waals surface area contributed by atoms with Gasteiger partial charge in [0.05, 0.1) is 12.0 Å². The lowest BCUT2D eigenvalue weighted by Crippen LogP contribution is -2.45. The number of pyridine rings is 1. The molecule has 0 N–H and O–H groups in total. The fraction of sp³-hybridized carbons (Fsp3) is 0.417. The average Bonchev–Trinajstić information content (AvgIpc) is 3.46. The minimum atomic E-state index is -1.37. The Labute approximate surface area is 180 Å². The van der Waals surface area contributed by atoms with Gasteiger partial charge in [0.25, 0.3) is 0 Å². The van der Waals surface area contributed by atoms with Crippen LogP contribution in [-0.4, -0.2) is 45.1 Å². The van der Waals surface area contributed by atoms with Gasteiger partial charge in [0.15, 0.2) is 0 Å². The predicted molar refractivity (Wildman–Crippen MR) is 110 cm³/mol. The molecule has 1 saturated carbocycles. The van der Waals surface area contributed by atoms with E-state index in [4.69, 9.17) is 0 Å². The van der Waals surface area contributed by atoms with Crippen LogP contribution in [0.4, 0.5) is 4.39 Å². The Hall–Kier alpha value is -3.09. The summed E-state index contributed by atoms with van der Waals surface area (Å²) in [5, 5.41) is 0. The van der Waals surface area contributed by atoms with E-state index in [-0.39, 0.29) is 37.2 Å². The maximum atomic E-state index is 14.1. The van der Waals surface area contributed by atoms with Crippen molar-refractivity contribution in [1.29, 1.82) is 0 Å². The Morgan fingerprint density at radius 2 is 2.06 bits per heavy atom. The number of nitrogens with zero attached hydrogens (tertiary/aromatic N) is 3. The van der Waals surface area contributed by atoms with E-state index in [0.29, 0.717) is 18.0 Å². The normalized spacial score (nSPS) is 27.4. The summed E-state index contributed by atoms with van der Waals surface area (Å²) in [6.45, 7) is 0.801. The van der Waals surface area contributed by atoms with E-state index < -0.39 is 17.1 Å². The highest BCUT2D eigenvalue weighted by Crippen LogP contribution is 2.43. The molecule has 0 unspecified atom stereocenters. The summed E-state index contributed by atoms with van der Waals surface area (Å²) >= 11 is 0. The van der Waals surface area contributed by atoms with E-state index in [1.807, 2.05) is 4.90 Å². The van der Waals surface area contributed by atoms with Crippen LogP contribution in [0.15, 0.2) is 48.8 Å². The van der Waals surface area contributed by atoms with E-state index >= 15 is 0 Å². The molecular formula is C24H24FN3O3. The largest absolute Gasteiger partial charge is 0.339 e. The summed E-state index contributed by atoms with van der Waals surface area (Å²) in [4.78, 5) is 47.0. The van der Waals surface area contributed by atoms with Crippen LogP contribution in [0, 0.1) is 11.7 Å². The van der Waals surface area contributed by atoms with Crippen molar-refractivity contribution < 1.29 is 18.8 Å². The van der Waals surface area contributed by atoms with Gasteiger partial charge in [0.2, 0.25) is 17.7 Å². The number of halogens is 1.